The Morgan fingerprint density at radius 3 is 2.68 bits per heavy atom. The monoisotopic (exact) mass is 288 g/mol. The van der Waals surface area contributed by atoms with E-state index >= 15 is 0 Å². The lowest BCUT2D eigenvalue weighted by atomic mass is 10.3. The standard InChI is InChI=1S/C11H13FN2O4S/c1-7-5-8(7)6-13-19(17,18)10-4-2-3-9(12)11(10)14(15)16/h2-4,7-8,13H,5-6H2,1H3. The van der Waals surface area contributed by atoms with Crippen LogP contribution in [0.5, 0.6) is 0 Å². The molecular weight excluding hydrogens is 275 g/mol. The predicted molar refractivity (Wildman–Crippen MR) is 65.5 cm³/mol. The normalized spacial score (nSPS) is 22.2. The summed E-state index contributed by atoms with van der Waals surface area (Å²) in [6.45, 7) is 2.21. The summed E-state index contributed by atoms with van der Waals surface area (Å²) >= 11 is 0. The van der Waals surface area contributed by atoms with Gasteiger partial charge in [0.1, 0.15) is 0 Å². The van der Waals surface area contributed by atoms with Gasteiger partial charge >= 0.3 is 5.69 Å². The minimum absolute atomic E-state index is 0.219. The summed E-state index contributed by atoms with van der Waals surface area (Å²) < 4.78 is 39.6. The Morgan fingerprint density at radius 1 is 1.53 bits per heavy atom. The molecule has 0 heterocycles. The van der Waals surface area contributed by atoms with Crippen LogP contribution in [0, 0.1) is 27.8 Å². The molecule has 0 spiro atoms. The molecule has 1 aromatic rings. The van der Waals surface area contributed by atoms with Crippen LogP contribution in [-0.2, 0) is 10.0 Å². The molecule has 0 bridgehead atoms. The van der Waals surface area contributed by atoms with E-state index in [0.29, 0.717) is 5.92 Å². The fourth-order valence-corrected chi connectivity index (χ4v) is 3.14. The average molecular weight is 288 g/mol. The zero-order valence-electron chi connectivity index (χ0n) is 10.2. The van der Waals surface area contributed by atoms with Crippen LogP contribution in [0.3, 0.4) is 0 Å². The van der Waals surface area contributed by atoms with Gasteiger partial charge in [0.15, 0.2) is 4.90 Å². The molecule has 1 aliphatic carbocycles. The molecule has 0 saturated heterocycles. The number of halogens is 1. The number of benzene rings is 1. The first kappa shape index (κ1) is 13.9. The molecule has 2 rings (SSSR count). The highest BCUT2D eigenvalue weighted by atomic mass is 32.2. The smallest absolute Gasteiger partial charge is 0.258 e. The number of nitro benzene ring substituents is 1. The molecule has 1 fully saturated rings. The summed E-state index contributed by atoms with van der Waals surface area (Å²) in [5, 5.41) is 10.8. The predicted octanol–water partition coefficient (Wildman–Crippen LogP) is 1.67. The maximum absolute atomic E-state index is 13.4. The Hall–Kier alpha value is -1.54. The van der Waals surface area contributed by atoms with Crippen molar-refractivity contribution in [2.45, 2.75) is 18.2 Å². The number of hydrogen-bond donors (Lipinski definition) is 1. The first-order chi connectivity index (χ1) is 8.83. The molecule has 2 unspecified atom stereocenters. The van der Waals surface area contributed by atoms with Gasteiger partial charge in [0.25, 0.3) is 0 Å². The van der Waals surface area contributed by atoms with Crippen molar-refractivity contribution in [3.63, 3.8) is 0 Å². The van der Waals surface area contributed by atoms with Crippen molar-refractivity contribution in [3.8, 4) is 0 Å². The number of nitro groups is 1. The van der Waals surface area contributed by atoms with E-state index in [1.54, 1.807) is 0 Å². The summed E-state index contributed by atoms with van der Waals surface area (Å²) in [7, 11) is -4.07. The summed E-state index contributed by atoms with van der Waals surface area (Å²) in [5.74, 6) is -0.458. The fourth-order valence-electron chi connectivity index (χ4n) is 1.87. The van der Waals surface area contributed by atoms with E-state index in [-0.39, 0.29) is 12.5 Å². The zero-order valence-corrected chi connectivity index (χ0v) is 11.0. The summed E-state index contributed by atoms with van der Waals surface area (Å²) in [5.41, 5.74) is -1.01. The van der Waals surface area contributed by atoms with Crippen LogP contribution in [0.15, 0.2) is 23.1 Å². The Bertz CT molecular complexity index is 617. The molecule has 104 valence electrons. The van der Waals surface area contributed by atoms with E-state index in [1.807, 2.05) is 6.92 Å². The Labute approximate surface area is 109 Å². The molecule has 8 heteroatoms. The molecule has 1 saturated carbocycles. The van der Waals surface area contributed by atoms with Gasteiger partial charge in [-0.25, -0.2) is 13.1 Å². The minimum Gasteiger partial charge on any atom is -0.258 e. The number of nitrogens with one attached hydrogen (secondary N) is 1. The van der Waals surface area contributed by atoms with E-state index in [2.05, 4.69) is 4.72 Å². The molecule has 1 N–H and O–H groups in total. The highest BCUT2D eigenvalue weighted by Crippen LogP contribution is 2.37. The van der Waals surface area contributed by atoms with Crippen molar-refractivity contribution in [2.24, 2.45) is 11.8 Å². The molecule has 0 amide bonds. The molecule has 0 radical (unpaired) electrons. The van der Waals surface area contributed by atoms with E-state index in [9.17, 15) is 22.9 Å². The van der Waals surface area contributed by atoms with Gasteiger partial charge < -0.3 is 0 Å². The van der Waals surface area contributed by atoms with Crippen molar-refractivity contribution in [1.82, 2.24) is 4.72 Å². The molecule has 1 aliphatic rings. The second-order valence-electron chi connectivity index (χ2n) is 4.67. The number of rotatable bonds is 5. The van der Waals surface area contributed by atoms with Gasteiger partial charge in [-0.3, -0.25) is 10.1 Å². The SMILES string of the molecule is CC1CC1CNS(=O)(=O)c1cccc(F)c1[N+](=O)[O-]. The lowest BCUT2D eigenvalue weighted by molar-refractivity contribution is -0.390. The lowest BCUT2D eigenvalue weighted by Crippen LogP contribution is -2.27. The number of sulfonamides is 1. The van der Waals surface area contributed by atoms with Crippen molar-refractivity contribution in [1.29, 1.82) is 0 Å². The molecule has 0 aromatic heterocycles. The second-order valence-corrected chi connectivity index (χ2v) is 6.40. The van der Waals surface area contributed by atoms with Crippen LogP contribution in [0.2, 0.25) is 0 Å². The van der Waals surface area contributed by atoms with Gasteiger partial charge in [0, 0.05) is 6.54 Å². The van der Waals surface area contributed by atoms with Gasteiger partial charge in [-0.15, -0.1) is 0 Å². The van der Waals surface area contributed by atoms with Gasteiger partial charge in [0.2, 0.25) is 15.8 Å². The first-order valence-electron chi connectivity index (χ1n) is 5.75. The van der Waals surface area contributed by atoms with E-state index in [1.165, 1.54) is 0 Å². The van der Waals surface area contributed by atoms with E-state index in [4.69, 9.17) is 0 Å². The van der Waals surface area contributed by atoms with Crippen molar-refractivity contribution in [3.05, 3.63) is 34.1 Å². The molecule has 0 aliphatic heterocycles. The fraction of sp³-hybridized carbons (Fsp3) is 0.455. The summed E-state index contributed by atoms with van der Waals surface area (Å²) in [6, 6.07) is 3.02. The lowest BCUT2D eigenvalue weighted by Gasteiger charge is -2.07. The maximum atomic E-state index is 13.4. The van der Waals surface area contributed by atoms with Crippen LogP contribution >= 0.6 is 0 Å². The van der Waals surface area contributed by atoms with Crippen LogP contribution in [0.1, 0.15) is 13.3 Å². The topological polar surface area (TPSA) is 89.3 Å². The number of para-hydroxylation sites is 1. The molecule has 1 aromatic carbocycles. The van der Waals surface area contributed by atoms with Gasteiger partial charge in [0.05, 0.1) is 4.92 Å². The third-order valence-corrected chi connectivity index (χ3v) is 4.69. The average Bonchev–Trinajstić information content (AvgIpc) is 3.02. The van der Waals surface area contributed by atoms with Gasteiger partial charge in [-0.2, -0.15) is 4.39 Å². The van der Waals surface area contributed by atoms with Gasteiger partial charge in [-0.05, 0) is 30.4 Å². The van der Waals surface area contributed by atoms with Crippen molar-refractivity contribution < 1.29 is 17.7 Å². The Kier molecular flexibility index (Phi) is 3.55. The van der Waals surface area contributed by atoms with Crippen LogP contribution in [0.25, 0.3) is 0 Å². The van der Waals surface area contributed by atoms with Crippen LogP contribution in [0.4, 0.5) is 10.1 Å². The maximum Gasteiger partial charge on any atom is 0.324 e. The molecule has 2 atom stereocenters. The highest BCUT2D eigenvalue weighted by molar-refractivity contribution is 7.89. The number of hydrogen-bond acceptors (Lipinski definition) is 4. The number of nitrogens with zero attached hydrogens (tertiary/aromatic N) is 1. The minimum atomic E-state index is -4.07. The van der Waals surface area contributed by atoms with Crippen molar-refractivity contribution >= 4 is 15.7 Å². The third kappa shape index (κ3) is 2.90. The Balaban J connectivity index is 2.29. The molecular formula is C11H13FN2O4S. The summed E-state index contributed by atoms with van der Waals surface area (Å²) in [4.78, 5) is 9.11. The van der Waals surface area contributed by atoms with E-state index in [0.717, 1.165) is 24.6 Å². The van der Waals surface area contributed by atoms with Crippen molar-refractivity contribution in [2.75, 3.05) is 6.54 Å². The van der Waals surface area contributed by atoms with Crippen LogP contribution < -0.4 is 4.72 Å². The van der Waals surface area contributed by atoms with Gasteiger partial charge in [-0.1, -0.05) is 13.0 Å². The molecule has 19 heavy (non-hydrogen) atoms. The highest BCUT2D eigenvalue weighted by Gasteiger charge is 2.35. The largest absolute Gasteiger partial charge is 0.324 e. The quantitative estimate of drug-likeness (QED) is 0.659. The second kappa shape index (κ2) is 4.86. The van der Waals surface area contributed by atoms with Crippen LogP contribution in [-0.4, -0.2) is 19.9 Å². The molecule has 6 nitrogen and oxygen atoms in total. The third-order valence-electron chi connectivity index (χ3n) is 3.23. The Morgan fingerprint density at radius 2 is 2.16 bits per heavy atom. The zero-order chi connectivity index (χ0) is 14.2. The summed E-state index contributed by atoms with van der Waals surface area (Å²) in [6.07, 6.45) is 0.924. The first-order valence-corrected chi connectivity index (χ1v) is 7.24. The van der Waals surface area contributed by atoms with E-state index < -0.39 is 31.3 Å².